The molecule has 5 nitrogen and oxygen atoms in total. The highest BCUT2D eigenvalue weighted by molar-refractivity contribution is 5.29. The first-order chi connectivity index (χ1) is 10.3. The van der Waals surface area contributed by atoms with Crippen LogP contribution in [0, 0.1) is 0 Å². The summed E-state index contributed by atoms with van der Waals surface area (Å²) in [6.07, 6.45) is 1.09. The fourth-order valence-electron chi connectivity index (χ4n) is 2.45. The molecule has 0 spiro atoms. The lowest BCUT2D eigenvalue weighted by molar-refractivity contribution is 0.110. The second-order valence-electron chi connectivity index (χ2n) is 5.20. The van der Waals surface area contributed by atoms with Crippen LogP contribution in [0.2, 0.25) is 0 Å². The summed E-state index contributed by atoms with van der Waals surface area (Å²) in [5, 5.41) is 3.37. The molecule has 21 heavy (non-hydrogen) atoms. The summed E-state index contributed by atoms with van der Waals surface area (Å²) in [7, 11) is 0. The molecule has 5 heteroatoms. The Morgan fingerprint density at radius 3 is 2.67 bits per heavy atom. The molecule has 2 rings (SSSR count). The summed E-state index contributed by atoms with van der Waals surface area (Å²) in [5.41, 5.74) is 7.99. The molecule has 0 aliphatic carbocycles. The van der Waals surface area contributed by atoms with Gasteiger partial charge in [-0.25, -0.2) is 5.43 Å². The third kappa shape index (κ3) is 5.28. The van der Waals surface area contributed by atoms with E-state index >= 15 is 0 Å². The molecule has 0 saturated carbocycles. The molecule has 2 atom stereocenters. The second kappa shape index (κ2) is 9.00. The summed E-state index contributed by atoms with van der Waals surface area (Å²) in [6.45, 7) is 8.09. The first-order valence-corrected chi connectivity index (χ1v) is 7.85. The first kappa shape index (κ1) is 16.2. The van der Waals surface area contributed by atoms with Gasteiger partial charge in [0.25, 0.3) is 0 Å². The molecule has 1 aliphatic rings. The van der Waals surface area contributed by atoms with E-state index in [9.17, 15) is 0 Å². The maximum atomic E-state index is 5.63. The highest BCUT2D eigenvalue weighted by atomic mass is 16.5. The summed E-state index contributed by atoms with van der Waals surface area (Å²) in [6, 6.07) is 9.17. The van der Waals surface area contributed by atoms with Crippen molar-refractivity contribution in [1.29, 1.82) is 0 Å². The minimum atomic E-state index is 0.367. The smallest absolute Gasteiger partial charge is 0.119 e. The number of likely N-dealkylation sites (N-methyl/N-ethyl adjacent to an activating group) is 1. The predicted octanol–water partition coefficient (Wildman–Crippen LogP) is 1.62. The summed E-state index contributed by atoms with van der Waals surface area (Å²) in [4.78, 5) is 0. The van der Waals surface area contributed by atoms with E-state index in [1.54, 1.807) is 0 Å². The number of hydrazine groups is 1. The molecule has 2 unspecified atom stereocenters. The van der Waals surface area contributed by atoms with Crippen molar-refractivity contribution < 1.29 is 9.47 Å². The van der Waals surface area contributed by atoms with Crippen LogP contribution in [-0.4, -0.2) is 39.0 Å². The van der Waals surface area contributed by atoms with Crippen LogP contribution < -0.4 is 20.9 Å². The quantitative estimate of drug-likeness (QED) is 0.604. The molecule has 118 valence electrons. The van der Waals surface area contributed by atoms with Crippen molar-refractivity contribution in [2.75, 3.05) is 32.9 Å². The van der Waals surface area contributed by atoms with Crippen molar-refractivity contribution in [3.05, 3.63) is 29.8 Å². The van der Waals surface area contributed by atoms with E-state index in [0.29, 0.717) is 25.3 Å². The number of hydrogen-bond donors (Lipinski definition) is 3. The normalized spacial score (nSPS) is 21.6. The maximum Gasteiger partial charge on any atom is 0.119 e. The first-order valence-electron chi connectivity index (χ1n) is 7.85. The van der Waals surface area contributed by atoms with Gasteiger partial charge in [-0.15, -0.1) is 0 Å². The van der Waals surface area contributed by atoms with Gasteiger partial charge >= 0.3 is 0 Å². The van der Waals surface area contributed by atoms with Crippen LogP contribution in [-0.2, 0) is 4.74 Å². The fraction of sp³-hybridized carbons (Fsp3) is 0.625. The van der Waals surface area contributed by atoms with Crippen LogP contribution in [0.1, 0.15) is 31.9 Å². The fourth-order valence-corrected chi connectivity index (χ4v) is 2.45. The van der Waals surface area contributed by atoms with Gasteiger partial charge in [0.2, 0.25) is 0 Å². The Balaban J connectivity index is 1.77. The Morgan fingerprint density at radius 2 is 1.95 bits per heavy atom. The van der Waals surface area contributed by atoms with E-state index in [4.69, 9.17) is 9.47 Å². The molecule has 1 aliphatic heterocycles. The van der Waals surface area contributed by atoms with Crippen molar-refractivity contribution in [3.8, 4) is 5.75 Å². The van der Waals surface area contributed by atoms with Gasteiger partial charge in [0.15, 0.2) is 0 Å². The number of rotatable bonds is 9. The van der Waals surface area contributed by atoms with Crippen LogP contribution >= 0.6 is 0 Å². The lowest BCUT2D eigenvalue weighted by Crippen LogP contribution is -2.37. The zero-order chi connectivity index (χ0) is 14.9. The molecule has 3 N–H and O–H groups in total. The van der Waals surface area contributed by atoms with Gasteiger partial charge in [0, 0.05) is 25.2 Å². The highest BCUT2D eigenvalue weighted by Gasteiger charge is 2.24. The van der Waals surface area contributed by atoms with Gasteiger partial charge in [-0.1, -0.05) is 19.1 Å². The second-order valence-corrected chi connectivity index (χ2v) is 5.20. The van der Waals surface area contributed by atoms with Gasteiger partial charge in [-0.2, -0.15) is 0 Å². The Hall–Kier alpha value is -1.14. The number of ether oxygens (including phenoxy) is 2. The van der Waals surface area contributed by atoms with Crippen LogP contribution in [0.5, 0.6) is 5.75 Å². The predicted molar refractivity (Wildman–Crippen MR) is 84.4 cm³/mol. The SMILES string of the molecule is CCNCC1CC(c2ccc(OCCOCC)cc2)NN1. The van der Waals surface area contributed by atoms with E-state index in [2.05, 4.69) is 35.2 Å². The number of hydrogen-bond acceptors (Lipinski definition) is 5. The van der Waals surface area contributed by atoms with Gasteiger partial charge in [0.05, 0.1) is 6.61 Å². The van der Waals surface area contributed by atoms with Crippen molar-refractivity contribution in [3.63, 3.8) is 0 Å². The molecule has 0 radical (unpaired) electrons. The van der Waals surface area contributed by atoms with Crippen LogP contribution in [0.15, 0.2) is 24.3 Å². The van der Waals surface area contributed by atoms with Crippen molar-refractivity contribution in [2.45, 2.75) is 32.4 Å². The topological polar surface area (TPSA) is 54.5 Å². The van der Waals surface area contributed by atoms with E-state index in [1.165, 1.54) is 5.56 Å². The third-order valence-electron chi connectivity index (χ3n) is 3.61. The zero-order valence-corrected chi connectivity index (χ0v) is 13.0. The van der Waals surface area contributed by atoms with Crippen molar-refractivity contribution >= 4 is 0 Å². The van der Waals surface area contributed by atoms with Gasteiger partial charge in [0.1, 0.15) is 12.4 Å². The Kier molecular flexibility index (Phi) is 6.95. The monoisotopic (exact) mass is 293 g/mol. The van der Waals surface area contributed by atoms with Gasteiger partial charge in [-0.05, 0) is 37.6 Å². The average Bonchev–Trinajstić information content (AvgIpc) is 2.99. The Morgan fingerprint density at radius 1 is 1.14 bits per heavy atom. The van der Waals surface area contributed by atoms with Gasteiger partial charge < -0.3 is 14.8 Å². The average molecular weight is 293 g/mol. The van der Waals surface area contributed by atoms with Gasteiger partial charge in [-0.3, -0.25) is 5.43 Å². The molecule has 1 saturated heterocycles. The molecule has 0 amide bonds. The van der Waals surface area contributed by atoms with Crippen LogP contribution in [0.3, 0.4) is 0 Å². The molecular weight excluding hydrogens is 266 g/mol. The minimum Gasteiger partial charge on any atom is -0.491 e. The summed E-state index contributed by atoms with van der Waals surface area (Å²) >= 11 is 0. The zero-order valence-electron chi connectivity index (χ0n) is 13.0. The molecular formula is C16H27N3O2. The largest absolute Gasteiger partial charge is 0.491 e. The van der Waals surface area contributed by atoms with E-state index < -0.39 is 0 Å². The molecule has 1 heterocycles. The van der Waals surface area contributed by atoms with E-state index in [0.717, 1.165) is 31.9 Å². The number of benzene rings is 1. The third-order valence-corrected chi connectivity index (χ3v) is 3.61. The lowest BCUT2D eigenvalue weighted by atomic mass is 10.0. The Bertz CT molecular complexity index is 397. The standard InChI is InChI=1S/C16H27N3O2/c1-3-17-12-14-11-16(19-18-14)13-5-7-15(8-6-13)21-10-9-20-4-2/h5-8,14,16-19H,3-4,9-12H2,1-2H3. The summed E-state index contributed by atoms with van der Waals surface area (Å²) in [5.74, 6) is 0.897. The lowest BCUT2D eigenvalue weighted by Gasteiger charge is -2.11. The van der Waals surface area contributed by atoms with Crippen LogP contribution in [0.25, 0.3) is 0 Å². The van der Waals surface area contributed by atoms with Crippen molar-refractivity contribution in [2.24, 2.45) is 0 Å². The minimum absolute atomic E-state index is 0.367. The molecule has 1 aromatic rings. The van der Waals surface area contributed by atoms with Crippen LogP contribution in [0.4, 0.5) is 0 Å². The molecule has 0 bridgehead atoms. The van der Waals surface area contributed by atoms with Crippen molar-refractivity contribution in [1.82, 2.24) is 16.2 Å². The van der Waals surface area contributed by atoms with E-state index in [-0.39, 0.29) is 0 Å². The Labute approximate surface area is 127 Å². The highest BCUT2D eigenvalue weighted by Crippen LogP contribution is 2.24. The molecule has 0 aromatic heterocycles. The maximum absolute atomic E-state index is 5.63. The number of nitrogens with one attached hydrogen (secondary N) is 3. The molecule has 1 aromatic carbocycles. The summed E-state index contributed by atoms with van der Waals surface area (Å²) < 4.78 is 10.9. The molecule has 1 fully saturated rings. The van der Waals surface area contributed by atoms with E-state index in [1.807, 2.05) is 19.1 Å².